The van der Waals surface area contributed by atoms with Crippen LogP contribution in [-0.2, 0) is 4.79 Å². The van der Waals surface area contributed by atoms with Gasteiger partial charge in [-0.2, -0.15) is 5.10 Å². The molecule has 1 aromatic rings. The molecular formula is C8H10F2N2O2. The largest absolute Gasteiger partial charge is 0.480 e. The lowest BCUT2D eigenvalue weighted by atomic mass is 10.3. The Hall–Kier alpha value is -1.46. The van der Waals surface area contributed by atoms with Crippen LogP contribution in [0.5, 0.6) is 0 Å². The Balaban J connectivity index is 3.02. The zero-order valence-electron chi connectivity index (χ0n) is 7.74. The molecule has 1 rings (SSSR count). The van der Waals surface area contributed by atoms with Crippen molar-refractivity contribution < 1.29 is 18.7 Å². The first-order chi connectivity index (χ1) is 6.43. The topological polar surface area (TPSA) is 55.1 Å². The summed E-state index contributed by atoms with van der Waals surface area (Å²) in [5, 5.41) is 12.1. The van der Waals surface area contributed by atoms with Gasteiger partial charge in [-0.1, -0.05) is 0 Å². The molecule has 14 heavy (non-hydrogen) atoms. The van der Waals surface area contributed by atoms with Gasteiger partial charge < -0.3 is 5.11 Å². The molecule has 0 spiro atoms. The van der Waals surface area contributed by atoms with Crippen LogP contribution in [0.2, 0.25) is 0 Å². The van der Waals surface area contributed by atoms with Gasteiger partial charge in [0.25, 0.3) is 6.43 Å². The van der Waals surface area contributed by atoms with Gasteiger partial charge in [0.1, 0.15) is 11.7 Å². The van der Waals surface area contributed by atoms with E-state index >= 15 is 0 Å². The summed E-state index contributed by atoms with van der Waals surface area (Å²) in [6.45, 7) is 2.85. The number of aliphatic carboxylic acids is 1. The fourth-order valence-corrected chi connectivity index (χ4v) is 1.02. The summed E-state index contributed by atoms with van der Waals surface area (Å²) in [5.74, 6) is -1.10. The van der Waals surface area contributed by atoms with Crippen molar-refractivity contribution >= 4 is 5.97 Å². The number of hydrogen-bond acceptors (Lipinski definition) is 2. The lowest BCUT2D eigenvalue weighted by Crippen LogP contribution is -2.16. The van der Waals surface area contributed by atoms with E-state index < -0.39 is 18.4 Å². The summed E-state index contributed by atoms with van der Waals surface area (Å²) in [5.41, 5.74) is -0.0637. The first kappa shape index (κ1) is 10.6. The molecule has 0 aromatic carbocycles. The minimum atomic E-state index is -2.67. The van der Waals surface area contributed by atoms with Crippen molar-refractivity contribution in [2.75, 3.05) is 0 Å². The van der Waals surface area contributed by atoms with Crippen LogP contribution in [0.3, 0.4) is 0 Å². The van der Waals surface area contributed by atoms with Crippen LogP contribution >= 0.6 is 0 Å². The van der Waals surface area contributed by atoms with Crippen LogP contribution in [0.1, 0.15) is 30.6 Å². The maximum absolute atomic E-state index is 12.3. The van der Waals surface area contributed by atoms with Crippen LogP contribution in [0, 0.1) is 6.92 Å². The number of nitrogens with zero attached hydrogens (tertiary/aromatic N) is 2. The lowest BCUT2D eigenvalue weighted by molar-refractivity contribution is -0.140. The number of alkyl halides is 2. The lowest BCUT2D eigenvalue weighted by Gasteiger charge is -2.05. The second-order valence-electron chi connectivity index (χ2n) is 2.99. The van der Waals surface area contributed by atoms with E-state index in [2.05, 4.69) is 5.10 Å². The van der Waals surface area contributed by atoms with Gasteiger partial charge in [-0.15, -0.1) is 0 Å². The van der Waals surface area contributed by atoms with Gasteiger partial charge in [-0.3, -0.25) is 4.68 Å². The summed E-state index contributed by atoms with van der Waals surface area (Å²) in [6, 6.07) is -0.929. The van der Waals surface area contributed by atoms with Crippen molar-refractivity contribution in [2.45, 2.75) is 26.3 Å². The van der Waals surface area contributed by atoms with Crippen molar-refractivity contribution in [1.29, 1.82) is 0 Å². The molecule has 0 unspecified atom stereocenters. The number of rotatable bonds is 3. The highest BCUT2D eigenvalue weighted by Gasteiger charge is 2.20. The van der Waals surface area contributed by atoms with E-state index in [-0.39, 0.29) is 5.69 Å². The standard InChI is InChI=1S/C8H10F2N2O2/c1-4-3-12(5(2)8(13)14)11-6(4)7(9)10/h3,5,7H,1-2H3,(H,13,14)/t5-/m1/s1. The molecule has 0 aliphatic rings. The van der Waals surface area contributed by atoms with Crippen LogP contribution in [0.25, 0.3) is 0 Å². The highest BCUT2D eigenvalue weighted by atomic mass is 19.3. The highest BCUT2D eigenvalue weighted by molar-refractivity contribution is 5.71. The normalized spacial score (nSPS) is 13.2. The summed E-state index contributed by atoms with van der Waals surface area (Å²) in [7, 11) is 0. The third-order valence-corrected chi connectivity index (χ3v) is 1.91. The van der Waals surface area contributed by atoms with E-state index in [0.717, 1.165) is 4.68 Å². The predicted octanol–water partition coefficient (Wildman–Crippen LogP) is 1.77. The minimum absolute atomic E-state index is 0.299. The second-order valence-corrected chi connectivity index (χ2v) is 2.99. The Bertz CT molecular complexity index is 349. The molecule has 0 saturated heterocycles. The number of carbonyl (C=O) groups is 1. The van der Waals surface area contributed by atoms with Crippen LogP contribution in [-0.4, -0.2) is 20.9 Å². The second kappa shape index (κ2) is 3.73. The molecular weight excluding hydrogens is 194 g/mol. The molecule has 78 valence electrons. The van der Waals surface area contributed by atoms with Crippen LogP contribution in [0.4, 0.5) is 8.78 Å². The minimum Gasteiger partial charge on any atom is -0.480 e. The first-order valence-electron chi connectivity index (χ1n) is 4.00. The molecule has 0 fully saturated rings. The summed E-state index contributed by atoms with van der Waals surface area (Å²) in [4.78, 5) is 10.5. The number of carboxylic acids is 1. The molecule has 0 aliphatic carbocycles. The summed E-state index contributed by atoms with van der Waals surface area (Å²) >= 11 is 0. The van der Waals surface area contributed by atoms with Crippen LogP contribution < -0.4 is 0 Å². The predicted molar refractivity (Wildman–Crippen MR) is 44.3 cm³/mol. The molecule has 0 radical (unpaired) electrons. The van der Waals surface area contributed by atoms with E-state index in [1.807, 2.05) is 0 Å². The van der Waals surface area contributed by atoms with Crippen molar-refractivity contribution in [3.63, 3.8) is 0 Å². The quantitative estimate of drug-likeness (QED) is 0.816. The summed E-state index contributed by atoms with van der Waals surface area (Å²) < 4.78 is 25.6. The molecule has 6 heteroatoms. The fourth-order valence-electron chi connectivity index (χ4n) is 1.02. The smallest absolute Gasteiger partial charge is 0.328 e. The van der Waals surface area contributed by atoms with Crippen molar-refractivity contribution in [3.05, 3.63) is 17.5 Å². The summed E-state index contributed by atoms with van der Waals surface area (Å²) in [6.07, 6.45) is -1.36. The Morgan fingerprint density at radius 2 is 2.21 bits per heavy atom. The number of hydrogen-bond donors (Lipinski definition) is 1. The van der Waals surface area contributed by atoms with E-state index in [9.17, 15) is 13.6 Å². The Kier molecular flexibility index (Phi) is 2.83. The SMILES string of the molecule is Cc1cn([C@H](C)C(=O)O)nc1C(F)F. The molecule has 1 heterocycles. The number of carboxylic acid groups (broad SMARTS) is 1. The zero-order chi connectivity index (χ0) is 10.9. The molecule has 1 N–H and O–H groups in total. The molecule has 0 saturated carbocycles. The average molecular weight is 204 g/mol. The van der Waals surface area contributed by atoms with Gasteiger partial charge in [0.2, 0.25) is 0 Å². The third kappa shape index (κ3) is 1.89. The number of aryl methyl sites for hydroxylation is 1. The Morgan fingerprint density at radius 3 is 2.57 bits per heavy atom. The van der Waals surface area contributed by atoms with E-state index in [1.54, 1.807) is 0 Å². The molecule has 4 nitrogen and oxygen atoms in total. The molecule has 1 aromatic heterocycles. The third-order valence-electron chi connectivity index (χ3n) is 1.91. The van der Waals surface area contributed by atoms with Gasteiger partial charge >= 0.3 is 5.97 Å². The average Bonchev–Trinajstić information content (AvgIpc) is 2.45. The first-order valence-corrected chi connectivity index (χ1v) is 4.00. The van der Waals surface area contributed by atoms with E-state index in [1.165, 1.54) is 20.0 Å². The van der Waals surface area contributed by atoms with Crippen LogP contribution in [0.15, 0.2) is 6.20 Å². The van der Waals surface area contributed by atoms with E-state index in [0.29, 0.717) is 5.56 Å². The van der Waals surface area contributed by atoms with Gasteiger partial charge in [0.15, 0.2) is 0 Å². The number of halogens is 2. The molecule has 1 atom stereocenters. The molecule has 0 aliphatic heterocycles. The Labute approximate surface area is 79.2 Å². The van der Waals surface area contributed by atoms with Gasteiger partial charge in [-0.05, 0) is 19.4 Å². The molecule has 0 bridgehead atoms. The van der Waals surface area contributed by atoms with Gasteiger partial charge in [-0.25, -0.2) is 13.6 Å². The fraction of sp³-hybridized carbons (Fsp3) is 0.500. The van der Waals surface area contributed by atoms with Gasteiger partial charge in [0.05, 0.1) is 0 Å². The van der Waals surface area contributed by atoms with Crippen molar-refractivity contribution in [2.24, 2.45) is 0 Å². The molecule has 0 amide bonds. The number of aromatic nitrogens is 2. The van der Waals surface area contributed by atoms with E-state index in [4.69, 9.17) is 5.11 Å². The van der Waals surface area contributed by atoms with Crippen molar-refractivity contribution in [3.8, 4) is 0 Å². The monoisotopic (exact) mass is 204 g/mol. The zero-order valence-corrected chi connectivity index (χ0v) is 7.74. The highest BCUT2D eigenvalue weighted by Crippen LogP contribution is 2.21. The Morgan fingerprint density at radius 1 is 1.64 bits per heavy atom. The van der Waals surface area contributed by atoms with Crippen molar-refractivity contribution in [1.82, 2.24) is 9.78 Å². The van der Waals surface area contributed by atoms with Gasteiger partial charge in [0, 0.05) is 6.20 Å². The maximum Gasteiger partial charge on any atom is 0.328 e. The maximum atomic E-state index is 12.3.